The predicted molar refractivity (Wildman–Crippen MR) is 78.3 cm³/mol. The largest absolute Gasteiger partial charge is 0.424 e. The molecule has 0 spiro atoms. The summed E-state index contributed by atoms with van der Waals surface area (Å²) in [6.07, 6.45) is 1.72. The van der Waals surface area contributed by atoms with E-state index in [-0.39, 0.29) is 11.8 Å². The molecule has 106 valence electrons. The molecule has 0 fully saturated rings. The van der Waals surface area contributed by atoms with Crippen molar-refractivity contribution in [1.82, 2.24) is 15.3 Å². The topological polar surface area (TPSA) is 47.0 Å². The predicted octanol–water partition coefficient (Wildman–Crippen LogP) is 3.59. The highest BCUT2D eigenvalue weighted by Gasteiger charge is 2.07. The van der Waals surface area contributed by atoms with Crippen molar-refractivity contribution in [2.75, 3.05) is 6.54 Å². The quantitative estimate of drug-likeness (QED) is 0.904. The molecule has 0 saturated heterocycles. The van der Waals surface area contributed by atoms with E-state index in [1.54, 1.807) is 18.3 Å². The average molecular weight is 340 g/mol. The van der Waals surface area contributed by atoms with Gasteiger partial charge in [0.25, 0.3) is 0 Å². The Hall–Kier alpha value is -1.53. The Bertz CT molecular complexity index is 607. The van der Waals surface area contributed by atoms with E-state index < -0.39 is 0 Å². The van der Waals surface area contributed by atoms with Crippen molar-refractivity contribution >= 4 is 15.9 Å². The maximum atomic E-state index is 13.4. The van der Waals surface area contributed by atoms with Crippen molar-refractivity contribution in [2.45, 2.75) is 20.4 Å². The molecule has 1 aromatic heterocycles. The molecule has 0 atom stereocenters. The lowest BCUT2D eigenvalue weighted by atomic mass is 10.2. The highest BCUT2D eigenvalue weighted by atomic mass is 79.9. The van der Waals surface area contributed by atoms with E-state index in [1.165, 1.54) is 6.07 Å². The molecule has 0 radical (unpaired) electrons. The maximum absolute atomic E-state index is 13.4. The van der Waals surface area contributed by atoms with E-state index in [0.717, 1.165) is 24.3 Å². The Morgan fingerprint density at radius 3 is 2.85 bits per heavy atom. The van der Waals surface area contributed by atoms with Crippen molar-refractivity contribution in [3.8, 4) is 11.8 Å². The number of nitrogens with zero attached hydrogens (tertiary/aromatic N) is 2. The number of benzene rings is 1. The van der Waals surface area contributed by atoms with E-state index in [2.05, 4.69) is 31.2 Å². The van der Waals surface area contributed by atoms with Crippen LogP contribution in [0.3, 0.4) is 0 Å². The average Bonchev–Trinajstić information content (AvgIpc) is 2.42. The molecule has 1 aromatic carbocycles. The lowest BCUT2D eigenvalue weighted by molar-refractivity contribution is 0.435. The van der Waals surface area contributed by atoms with Crippen LogP contribution >= 0.6 is 15.9 Å². The number of halogens is 2. The summed E-state index contributed by atoms with van der Waals surface area (Å²) in [6.45, 7) is 5.53. The Morgan fingerprint density at radius 2 is 2.20 bits per heavy atom. The Labute approximate surface area is 125 Å². The summed E-state index contributed by atoms with van der Waals surface area (Å²) in [5.41, 5.74) is 1.86. The Balaban J connectivity index is 2.13. The molecule has 0 saturated carbocycles. The van der Waals surface area contributed by atoms with Gasteiger partial charge in [-0.15, -0.1) is 0 Å². The Morgan fingerprint density at radius 1 is 1.40 bits per heavy atom. The van der Waals surface area contributed by atoms with Gasteiger partial charge in [-0.2, -0.15) is 4.98 Å². The van der Waals surface area contributed by atoms with Crippen LogP contribution in [0.25, 0.3) is 0 Å². The van der Waals surface area contributed by atoms with E-state index in [1.807, 2.05) is 13.8 Å². The minimum Gasteiger partial charge on any atom is -0.424 e. The second kappa shape index (κ2) is 6.76. The summed E-state index contributed by atoms with van der Waals surface area (Å²) < 4.78 is 19.2. The third-order valence-electron chi connectivity index (χ3n) is 2.72. The van der Waals surface area contributed by atoms with Gasteiger partial charge in [-0.1, -0.05) is 6.92 Å². The van der Waals surface area contributed by atoms with Crippen LogP contribution in [0.1, 0.15) is 18.2 Å². The first-order chi connectivity index (χ1) is 9.60. The van der Waals surface area contributed by atoms with Crippen LogP contribution in [-0.4, -0.2) is 16.5 Å². The van der Waals surface area contributed by atoms with E-state index in [9.17, 15) is 4.39 Å². The van der Waals surface area contributed by atoms with Crippen LogP contribution in [-0.2, 0) is 6.54 Å². The highest BCUT2D eigenvalue weighted by Crippen LogP contribution is 2.24. The summed E-state index contributed by atoms with van der Waals surface area (Å²) in [4.78, 5) is 8.40. The number of ether oxygens (including phenoxy) is 1. The molecule has 20 heavy (non-hydrogen) atoms. The van der Waals surface area contributed by atoms with Crippen molar-refractivity contribution in [3.05, 3.63) is 45.9 Å². The molecule has 1 heterocycles. The summed E-state index contributed by atoms with van der Waals surface area (Å²) in [7, 11) is 0. The van der Waals surface area contributed by atoms with Gasteiger partial charge in [0.2, 0.25) is 0 Å². The second-order valence-corrected chi connectivity index (χ2v) is 5.08. The molecule has 0 aliphatic heterocycles. The molecule has 2 rings (SSSR count). The van der Waals surface area contributed by atoms with Crippen molar-refractivity contribution < 1.29 is 9.13 Å². The van der Waals surface area contributed by atoms with Gasteiger partial charge in [-0.3, -0.25) is 0 Å². The third-order valence-corrected chi connectivity index (χ3v) is 3.37. The van der Waals surface area contributed by atoms with Crippen LogP contribution in [0.5, 0.6) is 11.8 Å². The van der Waals surface area contributed by atoms with E-state index >= 15 is 0 Å². The smallest absolute Gasteiger partial charge is 0.322 e. The zero-order chi connectivity index (χ0) is 14.5. The van der Waals surface area contributed by atoms with Gasteiger partial charge in [0.05, 0.1) is 4.47 Å². The summed E-state index contributed by atoms with van der Waals surface area (Å²) in [5, 5.41) is 3.21. The summed E-state index contributed by atoms with van der Waals surface area (Å²) in [5.74, 6) is -0.0208. The first-order valence-electron chi connectivity index (χ1n) is 6.26. The molecule has 1 N–H and O–H groups in total. The van der Waals surface area contributed by atoms with Gasteiger partial charge in [0.15, 0.2) is 0 Å². The van der Waals surface area contributed by atoms with Gasteiger partial charge in [0.1, 0.15) is 11.6 Å². The fourth-order valence-electron chi connectivity index (χ4n) is 1.60. The van der Waals surface area contributed by atoms with Gasteiger partial charge in [-0.25, -0.2) is 9.37 Å². The minimum atomic E-state index is -0.386. The minimum absolute atomic E-state index is 0.212. The normalized spacial score (nSPS) is 10.6. The molecular formula is C14H15BrFN3O. The maximum Gasteiger partial charge on any atom is 0.322 e. The van der Waals surface area contributed by atoms with Crippen molar-refractivity contribution in [1.29, 1.82) is 0 Å². The molecule has 2 aromatic rings. The van der Waals surface area contributed by atoms with E-state index in [0.29, 0.717) is 10.2 Å². The number of hydrogen-bond donors (Lipinski definition) is 1. The molecule has 0 unspecified atom stereocenters. The molecular weight excluding hydrogens is 325 g/mol. The van der Waals surface area contributed by atoms with Crippen molar-refractivity contribution in [3.63, 3.8) is 0 Å². The van der Waals surface area contributed by atoms with Gasteiger partial charge >= 0.3 is 6.01 Å². The zero-order valence-corrected chi connectivity index (χ0v) is 12.9. The molecule has 0 amide bonds. The SMILES string of the molecule is CCNCc1cnc(Oc2ccc(Br)c(F)c2)nc1C. The molecule has 6 heteroatoms. The van der Waals surface area contributed by atoms with Crippen LogP contribution in [0.15, 0.2) is 28.9 Å². The zero-order valence-electron chi connectivity index (χ0n) is 11.3. The summed E-state index contributed by atoms with van der Waals surface area (Å²) >= 11 is 3.09. The first kappa shape index (κ1) is 14.9. The van der Waals surface area contributed by atoms with Gasteiger partial charge in [-0.05, 0) is 41.5 Å². The molecule has 0 aliphatic carbocycles. The third kappa shape index (κ3) is 3.74. The standard InChI is InChI=1S/C14H15BrFN3O/c1-3-17-7-10-8-18-14(19-9(10)2)20-11-4-5-12(15)13(16)6-11/h4-6,8,17H,3,7H2,1-2H3. The molecule has 0 aliphatic rings. The van der Waals surface area contributed by atoms with Crippen LogP contribution in [0.4, 0.5) is 4.39 Å². The van der Waals surface area contributed by atoms with E-state index in [4.69, 9.17) is 4.74 Å². The first-order valence-corrected chi connectivity index (χ1v) is 7.05. The number of hydrogen-bond acceptors (Lipinski definition) is 4. The number of aromatic nitrogens is 2. The van der Waals surface area contributed by atoms with Crippen LogP contribution < -0.4 is 10.1 Å². The second-order valence-electron chi connectivity index (χ2n) is 4.22. The van der Waals surface area contributed by atoms with Crippen LogP contribution in [0, 0.1) is 12.7 Å². The lowest BCUT2D eigenvalue weighted by Gasteiger charge is -2.08. The van der Waals surface area contributed by atoms with Crippen LogP contribution in [0.2, 0.25) is 0 Å². The van der Waals surface area contributed by atoms with Gasteiger partial charge < -0.3 is 10.1 Å². The molecule has 0 bridgehead atoms. The van der Waals surface area contributed by atoms with Crippen molar-refractivity contribution in [2.24, 2.45) is 0 Å². The molecule has 4 nitrogen and oxygen atoms in total. The number of aryl methyl sites for hydroxylation is 1. The highest BCUT2D eigenvalue weighted by molar-refractivity contribution is 9.10. The Kier molecular flexibility index (Phi) is 5.03. The number of rotatable bonds is 5. The monoisotopic (exact) mass is 339 g/mol. The summed E-state index contributed by atoms with van der Waals surface area (Å²) in [6, 6.07) is 4.73. The fraction of sp³-hybridized carbons (Fsp3) is 0.286. The van der Waals surface area contributed by atoms with Gasteiger partial charge in [0, 0.05) is 30.1 Å². The number of nitrogens with one attached hydrogen (secondary N) is 1. The lowest BCUT2D eigenvalue weighted by Crippen LogP contribution is -2.13. The fourth-order valence-corrected chi connectivity index (χ4v) is 1.85.